The van der Waals surface area contributed by atoms with Crippen molar-refractivity contribution in [2.24, 2.45) is 0 Å². The van der Waals surface area contributed by atoms with Crippen LogP contribution in [0.1, 0.15) is 26.2 Å². The summed E-state index contributed by atoms with van der Waals surface area (Å²) in [4.78, 5) is 0. The highest BCUT2D eigenvalue weighted by atomic mass is 15.3. The fourth-order valence-electron chi connectivity index (χ4n) is 3.70. The summed E-state index contributed by atoms with van der Waals surface area (Å²) in [5.74, 6) is 0. The van der Waals surface area contributed by atoms with E-state index in [0.717, 1.165) is 24.2 Å². The summed E-state index contributed by atoms with van der Waals surface area (Å²) in [6, 6.07) is 31.8. The topological polar surface area (TPSA) is 17.8 Å². The van der Waals surface area contributed by atoms with Gasteiger partial charge in [0.1, 0.15) is 5.69 Å². The van der Waals surface area contributed by atoms with E-state index in [1.807, 2.05) is 0 Å². The molecule has 0 fully saturated rings. The molecule has 0 aliphatic carbocycles. The van der Waals surface area contributed by atoms with Gasteiger partial charge in [-0.1, -0.05) is 111 Å². The number of aryl methyl sites for hydroxylation is 1. The van der Waals surface area contributed by atoms with Crippen LogP contribution in [0.5, 0.6) is 0 Å². The van der Waals surface area contributed by atoms with E-state index in [4.69, 9.17) is 5.10 Å². The highest BCUT2D eigenvalue weighted by molar-refractivity contribution is 5.91. The molecule has 0 saturated heterocycles. The Morgan fingerprint density at radius 1 is 0.643 bits per heavy atom. The summed E-state index contributed by atoms with van der Waals surface area (Å²) < 4.78 is 2.22. The largest absolute Gasteiger partial charge is 0.264 e. The molecule has 0 unspecified atom stereocenters. The standard InChI is InChI=1S/C26H26N2/c1-2-3-13-20-28-26(23-18-11-6-12-19-23)24(21-14-7-4-8-15-21)25(27-28)22-16-9-5-10-17-22/h4-12,14-19H,2-3,13,20H2,1H3. The van der Waals surface area contributed by atoms with Crippen molar-refractivity contribution in [2.45, 2.75) is 32.7 Å². The monoisotopic (exact) mass is 366 g/mol. The van der Waals surface area contributed by atoms with Gasteiger partial charge in [0, 0.05) is 23.2 Å². The summed E-state index contributed by atoms with van der Waals surface area (Å²) in [5, 5.41) is 5.12. The lowest BCUT2D eigenvalue weighted by Crippen LogP contribution is -2.03. The van der Waals surface area contributed by atoms with Crippen molar-refractivity contribution in [3.63, 3.8) is 0 Å². The smallest absolute Gasteiger partial charge is 0.101 e. The minimum absolute atomic E-state index is 0.935. The summed E-state index contributed by atoms with van der Waals surface area (Å²) in [5.41, 5.74) is 7.07. The minimum Gasteiger partial charge on any atom is -0.264 e. The van der Waals surface area contributed by atoms with E-state index < -0.39 is 0 Å². The molecule has 0 spiro atoms. The highest BCUT2D eigenvalue weighted by Crippen LogP contribution is 2.40. The third-order valence-electron chi connectivity index (χ3n) is 5.08. The van der Waals surface area contributed by atoms with E-state index in [9.17, 15) is 0 Å². The van der Waals surface area contributed by atoms with Gasteiger partial charge in [0.15, 0.2) is 0 Å². The van der Waals surface area contributed by atoms with Gasteiger partial charge in [-0.3, -0.25) is 4.68 Å². The number of hydrogen-bond acceptors (Lipinski definition) is 1. The van der Waals surface area contributed by atoms with Gasteiger partial charge in [-0.25, -0.2) is 0 Å². The molecule has 0 aliphatic heterocycles. The van der Waals surface area contributed by atoms with Gasteiger partial charge in [-0.2, -0.15) is 5.10 Å². The minimum atomic E-state index is 0.935. The Balaban J connectivity index is 1.96. The first-order valence-electron chi connectivity index (χ1n) is 10.2. The summed E-state index contributed by atoms with van der Waals surface area (Å²) in [6.45, 7) is 3.18. The SMILES string of the molecule is CCCCCn1nc(-c2ccccc2)c(-c2ccccc2)c1-c1ccccc1. The second-order valence-electron chi connectivity index (χ2n) is 7.10. The van der Waals surface area contributed by atoms with Crippen LogP contribution >= 0.6 is 0 Å². The van der Waals surface area contributed by atoms with Gasteiger partial charge < -0.3 is 0 Å². The molecule has 3 aromatic carbocycles. The van der Waals surface area contributed by atoms with E-state index >= 15 is 0 Å². The Morgan fingerprint density at radius 2 is 1.18 bits per heavy atom. The average Bonchev–Trinajstić information content (AvgIpc) is 3.15. The molecule has 28 heavy (non-hydrogen) atoms. The van der Waals surface area contributed by atoms with Crippen molar-refractivity contribution >= 4 is 0 Å². The van der Waals surface area contributed by atoms with Crippen LogP contribution in [0.4, 0.5) is 0 Å². The Bertz CT molecular complexity index is 1000. The second-order valence-corrected chi connectivity index (χ2v) is 7.10. The molecule has 0 bridgehead atoms. The number of unbranched alkanes of at least 4 members (excludes halogenated alkanes) is 2. The highest BCUT2D eigenvalue weighted by Gasteiger charge is 2.21. The van der Waals surface area contributed by atoms with Crippen molar-refractivity contribution in [2.75, 3.05) is 0 Å². The zero-order chi connectivity index (χ0) is 19.2. The van der Waals surface area contributed by atoms with E-state index in [-0.39, 0.29) is 0 Å². The van der Waals surface area contributed by atoms with Crippen LogP contribution in [0.3, 0.4) is 0 Å². The van der Waals surface area contributed by atoms with Gasteiger partial charge in [-0.05, 0) is 12.0 Å². The molecule has 1 aromatic heterocycles. The van der Waals surface area contributed by atoms with Gasteiger partial charge in [0.25, 0.3) is 0 Å². The summed E-state index contributed by atoms with van der Waals surface area (Å²) >= 11 is 0. The van der Waals surface area contributed by atoms with E-state index in [1.54, 1.807) is 0 Å². The van der Waals surface area contributed by atoms with Crippen LogP contribution in [0, 0.1) is 0 Å². The fraction of sp³-hybridized carbons (Fsp3) is 0.192. The zero-order valence-corrected chi connectivity index (χ0v) is 16.4. The van der Waals surface area contributed by atoms with Crippen LogP contribution in [0.15, 0.2) is 91.0 Å². The van der Waals surface area contributed by atoms with Crippen molar-refractivity contribution in [1.29, 1.82) is 0 Å². The van der Waals surface area contributed by atoms with E-state index in [2.05, 4.69) is 103 Å². The number of benzene rings is 3. The third-order valence-corrected chi connectivity index (χ3v) is 5.08. The first-order chi connectivity index (χ1) is 13.9. The normalized spacial score (nSPS) is 10.9. The molecule has 4 aromatic rings. The van der Waals surface area contributed by atoms with Crippen LogP contribution in [0.2, 0.25) is 0 Å². The number of aromatic nitrogens is 2. The molecule has 2 nitrogen and oxygen atoms in total. The predicted molar refractivity (Wildman–Crippen MR) is 118 cm³/mol. The molecule has 0 radical (unpaired) electrons. The Morgan fingerprint density at radius 3 is 1.75 bits per heavy atom. The summed E-state index contributed by atoms with van der Waals surface area (Å²) in [7, 11) is 0. The van der Waals surface area contributed by atoms with Crippen LogP contribution in [-0.4, -0.2) is 9.78 Å². The maximum Gasteiger partial charge on any atom is 0.101 e. The van der Waals surface area contributed by atoms with Gasteiger partial charge in [-0.15, -0.1) is 0 Å². The summed E-state index contributed by atoms with van der Waals surface area (Å²) in [6.07, 6.45) is 3.56. The van der Waals surface area contributed by atoms with Gasteiger partial charge in [0.05, 0.1) is 5.69 Å². The Labute approximate surface area is 167 Å². The quantitative estimate of drug-likeness (QED) is 0.320. The van der Waals surface area contributed by atoms with Crippen LogP contribution < -0.4 is 0 Å². The van der Waals surface area contributed by atoms with Gasteiger partial charge >= 0.3 is 0 Å². The first-order valence-corrected chi connectivity index (χ1v) is 10.2. The van der Waals surface area contributed by atoms with Crippen LogP contribution in [-0.2, 0) is 6.54 Å². The fourth-order valence-corrected chi connectivity index (χ4v) is 3.70. The third kappa shape index (κ3) is 3.77. The lowest BCUT2D eigenvalue weighted by molar-refractivity contribution is 0.559. The second kappa shape index (κ2) is 8.71. The molecule has 2 heteroatoms. The first kappa shape index (κ1) is 18.2. The Hall–Kier alpha value is -3.13. The lowest BCUT2D eigenvalue weighted by atomic mass is 9.96. The number of rotatable bonds is 7. The number of hydrogen-bond donors (Lipinski definition) is 0. The molecule has 0 saturated carbocycles. The molecule has 0 amide bonds. The van der Waals surface area contributed by atoms with E-state index in [0.29, 0.717) is 0 Å². The molecule has 1 heterocycles. The maximum absolute atomic E-state index is 5.12. The average molecular weight is 367 g/mol. The van der Waals surface area contributed by atoms with Crippen molar-refractivity contribution in [1.82, 2.24) is 9.78 Å². The molecular formula is C26H26N2. The zero-order valence-electron chi connectivity index (χ0n) is 16.4. The molecule has 140 valence electrons. The van der Waals surface area contributed by atoms with Crippen molar-refractivity contribution in [3.05, 3.63) is 91.0 Å². The predicted octanol–water partition coefficient (Wildman–Crippen LogP) is 7.07. The maximum atomic E-state index is 5.12. The Kier molecular flexibility index (Phi) is 5.67. The lowest BCUT2D eigenvalue weighted by Gasteiger charge is -2.10. The van der Waals surface area contributed by atoms with Crippen LogP contribution in [0.25, 0.3) is 33.6 Å². The number of nitrogens with zero attached hydrogens (tertiary/aromatic N) is 2. The molecule has 0 N–H and O–H groups in total. The van der Waals surface area contributed by atoms with Crippen molar-refractivity contribution < 1.29 is 0 Å². The molecule has 0 aliphatic rings. The molecule has 4 rings (SSSR count). The van der Waals surface area contributed by atoms with Crippen molar-refractivity contribution in [3.8, 4) is 33.6 Å². The molecular weight excluding hydrogens is 340 g/mol. The molecule has 0 atom stereocenters. The van der Waals surface area contributed by atoms with E-state index in [1.165, 1.54) is 35.2 Å². The van der Waals surface area contributed by atoms with Gasteiger partial charge in [0.2, 0.25) is 0 Å².